The summed E-state index contributed by atoms with van der Waals surface area (Å²) in [6.45, 7) is 0.605. The molecule has 4 heteroatoms. The van der Waals surface area contributed by atoms with Crippen molar-refractivity contribution in [3.8, 4) is 0 Å². The lowest BCUT2D eigenvalue weighted by Crippen LogP contribution is -2.19. The topological polar surface area (TPSA) is 26.0 Å². The summed E-state index contributed by atoms with van der Waals surface area (Å²) in [6, 6.07) is 13.9. The fourth-order valence-corrected chi connectivity index (χ4v) is 3.25. The molecule has 0 saturated heterocycles. The van der Waals surface area contributed by atoms with Crippen molar-refractivity contribution in [2.75, 3.05) is 6.54 Å². The van der Waals surface area contributed by atoms with Crippen LogP contribution in [0.25, 0.3) is 0 Å². The third-order valence-electron chi connectivity index (χ3n) is 3.30. The second kappa shape index (κ2) is 7.46. The van der Waals surface area contributed by atoms with Gasteiger partial charge in [-0.05, 0) is 60.7 Å². The predicted octanol–water partition coefficient (Wildman–Crippen LogP) is 5.12. The van der Waals surface area contributed by atoms with E-state index in [1.54, 1.807) is 0 Å². The van der Waals surface area contributed by atoms with Crippen LogP contribution in [0.3, 0.4) is 0 Å². The summed E-state index contributed by atoms with van der Waals surface area (Å²) in [5, 5.41) is 1.43. The van der Waals surface area contributed by atoms with Gasteiger partial charge in [0, 0.05) is 14.5 Å². The van der Waals surface area contributed by atoms with Crippen molar-refractivity contribution >= 4 is 39.1 Å². The Labute approximate surface area is 138 Å². The van der Waals surface area contributed by atoms with Crippen molar-refractivity contribution in [1.29, 1.82) is 0 Å². The molecule has 2 aromatic carbocycles. The number of benzene rings is 2. The van der Waals surface area contributed by atoms with Gasteiger partial charge in [0.25, 0.3) is 0 Å². The molecule has 0 bridgehead atoms. The van der Waals surface area contributed by atoms with Crippen molar-refractivity contribution < 1.29 is 0 Å². The van der Waals surface area contributed by atoms with E-state index in [-0.39, 0.29) is 0 Å². The lowest BCUT2D eigenvalue weighted by atomic mass is 9.92. The zero-order valence-electron chi connectivity index (χ0n) is 11.0. The molecule has 2 rings (SSSR count). The highest BCUT2D eigenvalue weighted by molar-refractivity contribution is 9.10. The lowest BCUT2D eigenvalue weighted by Gasteiger charge is -2.17. The van der Waals surface area contributed by atoms with Crippen LogP contribution in [0.15, 0.2) is 46.9 Å². The summed E-state index contributed by atoms with van der Waals surface area (Å²) >= 11 is 15.9. The minimum absolute atomic E-state index is 0.321. The van der Waals surface area contributed by atoms with Crippen LogP contribution in [-0.2, 0) is 12.8 Å². The van der Waals surface area contributed by atoms with Crippen molar-refractivity contribution in [3.05, 3.63) is 68.1 Å². The van der Waals surface area contributed by atoms with Crippen LogP contribution in [0.5, 0.6) is 0 Å². The quantitative estimate of drug-likeness (QED) is 0.774. The van der Waals surface area contributed by atoms with Crippen molar-refractivity contribution in [2.24, 2.45) is 11.7 Å². The summed E-state index contributed by atoms with van der Waals surface area (Å²) in [4.78, 5) is 0. The second-order valence-electron chi connectivity index (χ2n) is 4.84. The molecule has 2 N–H and O–H groups in total. The van der Waals surface area contributed by atoms with Gasteiger partial charge in [-0.15, -0.1) is 0 Å². The van der Waals surface area contributed by atoms with E-state index >= 15 is 0 Å². The molecular weight excluding hydrogens is 357 g/mol. The van der Waals surface area contributed by atoms with Crippen LogP contribution in [0, 0.1) is 5.92 Å². The van der Waals surface area contributed by atoms with E-state index in [9.17, 15) is 0 Å². The molecule has 0 fully saturated rings. The zero-order chi connectivity index (χ0) is 14.5. The van der Waals surface area contributed by atoms with E-state index in [4.69, 9.17) is 28.9 Å². The molecule has 1 unspecified atom stereocenters. The monoisotopic (exact) mass is 371 g/mol. The Morgan fingerprint density at radius 2 is 1.65 bits per heavy atom. The summed E-state index contributed by atoms with van der Waals surface area (Å²) in [5.41, 5.74) is 8.16. The maximum atomic E-state index is 6.23. The normalized spacial score (nSPS) is 12.4. The number of hydrogen-bond acceptors (Lipinski definition) is 1. The Morgan fingerprint density at radius 3 is 2.25 bits per heavy atom. The first kappa shape index (κ1) is 15.8. The van der Waals surface area contributed by atoms with Gasteiger partial charge in [0.05, 0.1) is 0 Å². The fourth-order valence-electron chi connectivity index (χ4n) is 2.25. The minimum atomic E-state index is 0.321. The molecular formula is C16H16BrCl2N. The highest BCUT2D eigenvalue weighted by Gasteiger charge is 2.14. The van der Waals surface area contributed by atoms with Crippen LogP contribution < -0.4 is 5.73 Å². The molecule has 106 valence electrons. The van der Waals surface area contributed by atoms with Crippen molar-refractivity contribution in [1.82, 2.24) is 0 Å². The minimum Gasteiger partial charge on any atom is -0.330 e. The van der Waals surface area contributed by atoms with E-state index in [0.717, 1.165) is 22.9 Å². The number of rotatable bonds is 5. The van der Waals surface area contributed by atoms with E-state index in [1.165, 1.54) is 5.56 Å². The van der Waals surface area contributed by atoms with Crippen LogP contribution in [0.2, 0.25) is 10.0 Å². The molecule has 2 aromatic rings. The average Bonchev–Trinajstić information content (AvgIpc) is 2.42. The van der Waals surface area contributed by atoms with E-state index < -0.39 is 0 Å². The van der Waals surface area contributed by atoms with Gasteiger partial charge >= 0.3 is 0 Å². The first-order valence-electron chi connectivity index (χ1n) is 6.47. The highest BCUT2D eigenvalue weighted by Crippen LogP contribution is 2.28. The molecule has 0 aromatic heterocycles. The Balaban J connectivity index is 2.13. The van der Waals surface area contributed by atoms with Gasteiger partial charge in [0.2, 0.25) is 0 Å². The van der Waals surface area contributed by atoms with Crippen LogP contribution >= 0.6 is 39.1 Å². The number of halogens is 3. The third-order valence-corrected chi connectivity index (χ3v) is 4.50. The molecule has 0 aliphatic carbocycles. The standard InChI is InChI=1S/C16H16BrCl2N/c17-13-4-1-3-11(8-13)7-12(10-20)9-14-15(18)5-2-6-16(14)19/h1-6,8,12H,7,9-10,20H2. The predicted molar refractivity (Wildman–Crippen MR) is 90.6 cm³/mol. The van der Waals surface area contributed by atoms with Crippen LogP contribution in [-0.4, -0.2) is 6.54 Å². The van der Waals surface area contributed by atoms with Gasteiger partial charge in [0.1, 0.15) is 0 Å². The van der Waals surface area contributed by atoms with Gasteiger partial charge in [-0.3, -0.25) is 0 Å². The maximum Gasteiger partial charge on any atom is 0.0452 e. The Kier molecular flexibility index (Phi) is 5.91. The Hall–Kier alpha value is -0.540. The molecule has 1 nitrogen and oxygen atoms in total. The van der Waals surface area contributed by atoms with Gasteiger partial charge in [-0.25, -0.2) is 0 Å². The van der Waals surface area contributed by atoms with Crippen LogP contribution in [0.4, 0.5) is 0 Å². The van der Waals surface area contributed by atoms with Gasteiger partial charge in [-0.1, -0.05) is 57.3 Å². The molecule has 0 aliphatic heterocycles. The molecule has 0 amide bonds. The van der Waals surface area contributed by atoms with Gasteiger partial charge in [-0.2, -0.15) is 0 Å². The van der Waals surface area contributed by atoms with Crippen molar-refractivity contribution in [2.45, 2.75) is 12.8 Å². The Bertz CT molecular complexity index is 566. The molecule has 20 heavy (non-hydrogen) atoms. The average molecular weight is 373 g/mol. The molecule has 0 heterocycles. The summed E-state index contributed by atoms with van der Waals surface area (Å²) in [6.07, 6.45) is 1.71. The molecule has 0 spiro atoms. The first-order valence-corrected chi connectivity index (χ1v) is 8.02. The Morgan fingerprint density at radius 1 is 1.00 bits per heavy atom. The lowest BCUT2D eigenvalue weighted by molar-refractivity contribution is 0.533. The number of nitrogens with two attached hydrogens (primary N) is 1. The first-order chi connectivity index (χ1) is 9.60. The molecule has 1 atom stereocenters. The summed E-state index contributed by atoms with van der Waals surface area (Å²) in [7, 11) is 0. The fraction of sp³-hybridized carbons (Fsp3) is 0.250. The van der Waals surface area contributed by atoms with E-state index in [1.807, 2.05) is 30.3 Å². The number of hydrogen-bond donors (Lipinski definition) is 1. The van der Waals surface area contributed by atoms with E-state index in [0.29, 0.717) is 22.5 Å². The smallest absolute Gasteiger partial charge is 0.0452 e. The SMILES string of the molecule is NCC(Cc1cccc(Br)c1)Cc1c(Cl)cccc1Cl. The van der Waals surface area contributed by atoms with Crippen LogP contribution in [0.1, 0.15) is 11.1 Å². The molecule has 0 radical (unpaired) electrons. The second-order valence-corrected chi connectivity index (χ2v) is 6.57. The molecule has 0 aliphatic rings. The zero-order valence-corrected chi connectivity index (χ0v) is 14.0. The highest BCUT2D eigenvalue weighted by atomic mass is 79.9. The third kappa shape index (κ3) is 4.23. The largest absolute Gasteiger partial charge is 0.330 e. The van der Waals surface area contributed by atoms with Gasteiger partial charge in [0.15, 0.2) is 0 Å². The summed E-state index contributed by atoms with van der Waals surface area (Å²) < 4.78 is 1.08. The van der Waals surface area contributed by atoms with Gasteiger partial charge < -0.3 is 5.73 Å². The maximum absolute atomic E-state index is 6.23. The van der Waals surface area contributed by atoms with E-state index in [2.05, 4.69) is 28.1 Å². The summed E-state index contributed by atoms with van der Waals surface area (Å²) in [5.74, 6) is 0.321. The van der Waals surface area contributed by atoms with Crippen molar-refractivity contribution in [3.63, 3.8) is 0 Å². The molecule has 0 saturated carbocycles.